The van der Waals surface area contributed by atoms with E-state index in [1.807, 2.05) is 6.92 Å². The van der Waals surface area contributed by atoms with E-state index in [0.29, 0.717) is 44.9 Å². The quantitative estimate of drug-likeness (QED) is 0.0259. The molecule has 12 atom stereocenters. The smallest absolute Gasteiger partial charge is 0.462 e. The van der Waals surface area contributed by atoms with Gasteiger partial charge < -0.3 is 50.2 Å². The van der Waals surface area contributed by atoms with E-state index in [0.717, 1.165) is 55.4 Å². The number of phosphoric ester groups is 2. The maximum absolute atomic E-state index is 14.3. The molecule has 1 aromatic heterocycles. The number of anilines is 1. The van der Waals surface area contributed by atoms with Crippen molar-refractivity contribution in [2.75, 3.05) is 25.6 Å². The summed E-state index contributed by atoms with van der Waals surface area (Å²) in [5.74, 6) is -4.15. The summed E-state index contributed by atoms with van der Waals surface area (Å²) in [5, 5.41) is 45.6. The van der Waals surface area contributed by atoms with Crippen LogP contribution in [0.1, 0.15) is 181 Å². The number of nitrogens with zero attached hydrogens (tertiary/aromatic N) is 2. The predicted octanol–water partition coefficient (Wildman–Crippen LogP) is 7.28. The molecular weight excluding hydrogens is 980 g/mol. The van der Waals surface area contributed by atoms with E-state index in [2.05, 4.69) is 23.1 Å². The summed E-state index contributed by atoms with van der Waals surface area (Å²) in [6.45, 7) is 3.79. The van der Waals surface area contributed by atoms with Crippen molar-refractivity contribution in [2.24, 2.45) is 17.8 Å². The van der Waals surface area contributed by atoms with Gasteiger partial charge in [-0.15, -0.1) is 0 Å². The van der Waals surface area contributed by atoms with E-state index >= 15 is 0 Å². The first-order valence-corrected chi connectivity index (χ1v) is 29.2. The molecule has 414 valence electrons. The Balaban J connectivity index is 1.81. The fourth-order valence-corrected chi connectivity index (χ4v) is 10.8. The lowest BCUT2D eigenvalue weighted by atomic mass is 9.83. The van der Waals surface area contributed by atoms with Crippen molar-refractivity contribution in [2.45, 2.75) is 218 Å². The third kappa shape index (κ3) is 24.6. The second kappa shape index (κ2) is 33.9. The fourth-order valence-electron chi connectivity index (χ4n) is 8.71. The Labute approximate surface area is 424 Å². The monoisotopic (exact) mass is 1070 g/mol. The largest absolute Gasteiger partial charge is 0.481 e. The Hall–Kier alpha value is -2.91. The number of nitrogen functional groups attached to an aromatic ring is 1. The third-order valence-corrected chi connectivity index (χ3v) is 15.9. The highest BCUT2D eigenvalue weighted by Gasteiger charge is 2.45. The second-order valence-corrected chi connectivity index (χ2v) is 22.4. The average molecular weight is 1070 g/mol. The fraction of sp³-hybridized carbons (Fsp3) is 0.816. The molecule has 2 fully saturated rings. The van der Waals surface area contributed by atoms with Crippen molar-refractivity contribution >= 4 is 39.2 Å². The maximum Gasteiger partial charge on any atom is 0.481 e. The minimum atomic E-state index is -5.71. The SMILES string of the molecule is CCCCC[C@H](O)/C=C/[C@@H]1[C@H](O)[C@H](O)[C@H]2COP(=O)(O)OP(=O)(O)OC[C@H](OC(=O)CCCCCCCCCCCCC(C)CC)COC(=O)CCCCCC[C@@H](C(=O)C[C@H]1O)[C@H](n1ccc(N)nc1=O)O2. The van der Waals surface area contributed by atoms with Crippen LogP contribution in [0.15, 0.2) is 29.2 Å². The normalized spacial score (nSPS) is 30.0. The topological polar surface area (TPSA) is 323 Å². The zero-order valence-electron chi connectivity index (χ0n) is 42.6. The lowest BCUT2D eigenvalue weighted by Crippen LogP contribution is -2.51. The van der Waals surface area contributed by atoms with Crippen molar-refractivity contribution < 1.29 is 81.3 Å². The van der Waals surface area contributed by atoms with E-state index in [-0.39, 0.29) is 25.1 Å². The van der Waals surface area contributed by atoms with E-state index in [4.69, 9.17) is 29.0 Å². The molecule has 0 saturated carbocycles. The van der Waals surface area contributed by atoms with E-state index in [9.17, 15) is 58.5 Å². The zero-order valence-corrected chi connectivity index (χ0v) is 44.4. The van der Waals surface area contributed by atoms with Crippen LogP contribution in [0.3, 0.4) is 0 Å². The first kappa shape index (κ1) is 63.4. The summed E-state index contributed by atoms with van der Waals surface area (Å²) in [5.41, 5.74) is 4.76. The molecule has 8 N–H and O–H groups in total. The first-order valence-electron chi connectivity index (χ1n) is 26.2. The number of cyclic esters (lactones) is 1. The number of rotatable bonds is 22. The Kier molecular flexibility index (Phi) is 29.8. The summed E-state index contributed by atoms with van der Waals surface area (Å²) >= 11 is 0. The number of unbranched alkanes of at least 4 members (excludes halogenated alkanes) is 11. The molecule has 3 heterocycles. The number of fused-ring (bicyclic) bond motifs is 3. The highest BCUT2D eigenvalue weighted by Crippen LogP contribution is 2.60. The molecule has 0 amide bonds. The van der Waals surface area contributed by atoms with Gasteiger partial charge in [-0.1, -0.05) is 142 Å². The number of aliphatic hydroxyl groups is 4. The van der Waals surface area contributed by atoms with Crippen LogP contribution in [0.2, 0.25) is 0 Å². The molecule has 0 spiro atoms. The van der Waals surface area contributed by atoms with Crippen LogP contribution in [0.5, 0.6) is 0 Å². The van der Waals surface area contributed by atoms with Crippen molar-refractivity contribution in [3.05, 3.63) is 34.9 Å². The second-order valence-electron chi connectivity index (χ2n) is 19.4. The lowest BCUT2D eigenvalue weighted by molar-refractivity contribution is -0.184. The third-order valence-electron chi connectivity index (χ3n) is 13.3. The number of nitrogens with two attached hydrogens (primary N) is 1. The minimum Gasteiger partial charge on any atom is -0.462 e. The highest BCUT2D eigenvalue weighted by molar-refractivity contribution is 7.61. The van der Waals surface area contributed by atoms with Crippen molar-refractivity contribution in [1.29, 1.82) is 0 Å². The number of phosphoric acid groups is 2. The summed E-state index contributed by atoms with van der Waals surface area (Å²) in [6, 6.07) is 1.23. The van der Waals surface area contributed by atoms with Gasteiger partial charge in [0, 0.05) is 31.4 Å². The van der Waals surface area contributed by atoms with E-state index in [1.54, 1.807) is 0 Å². The van der Waals surface area contributed by atoms with Crippen molar-refractivity contribution in [3.8, 4) is 0 Å². The van der Waals surface area contributed by atoms with Gasteiger partial charge in [-0.2, -0.15) is 9.29 Å². The highest BCUT2D eigenvalue weighted by atomic mass is 31.3. The number of carbonyl (C=O) groups excluding carboxylic acids is 3. The number of carbonyl (C=O) groups is 3. The summed E-state index contributed by atoms with van der Waals surface area (Å²) in [6.07, 6.45) is 8.38. The molecular formula is C49H85N3O18P2. The number of hydrogen-bond donors (Lipinski definition) is 7. The molecule has 2 saturated heterocycles. The molecule has 0 radical (unpaired) electrons. The van der Waals surface area contributed by atoms with Crippen LogP contribution >= 0.6 is 15.6 Å². The number of Topliss-reactive ketones (excluding diaryl/α,β-unsaturated/α-hetero) is 1. The Bertz CT molecular complexity index is 1940. The Morgan fingerprint density at radius 3 is 2.14 bits per heavy atom. The lowest BCUT2D eigenvalue weighted by Gasteiger charge is -2.38. The Morgan fingerprint density at radius 2 is 1.49 bits per heavy atom. The standard InChI is InChI=1S/C49H85N3O18P2/c1-4-6-17-23-36(53)27-28-38-40(54)31-41(55)39-24-19-15-16-20-25-44(56)65-32-37(68-45(57)26-21-14-12-10-8-7-9-11-13-18-22-35(3)5-2)33-66-71(61,62)70-72(63,64)67-34-42(47(59)46(38)58)69-48(39)52-30-29-43(50)51-49(52)60/h27-30,35-40,42,46-48,53-54,58-59H,4-26,31-34H2,1-3H3,(H,61,62)(H,63,64)(H2,50,51,60)/b28-27+/t35?,36-,37+,38-,39-,40+,42+,46-,47+,48+/m0/s1. The van der Waals surface area contributed by atoms with Gasteiger partial charge in [-0.25, -0.2) is 13.9 Å². The maximum atomic E-state index is 14.3. The molecule has 2 aliphatic rings. The number of aromatic nitrogens is 2. The van der Waals surface area contributed by atoms with Crippen molar-refractivity contribution in [3.63, 3.8) is 0 Å². The van der Waals surface area contributed by atoms with Gasteiger partial charge in [-0.05, 0) is 37.7 Å². The number of esters is 2. The predicted molar refractivity (Wildman–Crippen MR) is 267 cm³/mol. The van der Waals surface area contributed by atoms with Gasteiger partial charge in [0.05, 0.1) is 37.4 Å². The van der Waals surface area contributed by atoms with Gasteiger partial charge in [0.15, 0.2) is 6.10 Å². The first-order chi connectivity index (χ1) is 34.3. The van der Waals surface area contributed by atoms with E-state index in [1.165, 1.54) is 62.9 Å². The molecule has 3 rings (SSSR count). The van der Waals surface area contributed by atoms with Crippen LogP contribution in [0.4, 0.5) is 5.82 Å². The van der Waals surface area contributed by atoms with E-state index < -0.39 is 120 Å². The van der Waals surface area contributed by atoms with Gasteiger partial charge in [0.25, 0.3) is 0 Å². The van der Waals surface area contributed by atoms with Gasteiger partial charge in [0.2, 0.25) is 0 Å². The number of hydrogen-bond acceptors (Lipinski definition) is 18. The minimum absolute atomic E-state index is 0.00112. The van der Waals surface area contributed by atoms with Crippen LogP contribution in [-0.4, -0.2) is 114 Å². The molecule has 21 nitrogen and oxygen atoms in total. The number of aliphatic hydroxyl groups excluding tert-OH is 4. The Morgan fingerprint density at radius 1 is 0.861 bits per heavy atom. The molecule has 0 aromatic carbocycles. The molecule has 3 unspecified atom stereocenters. The molecule has 2 aliphatic heterocycles. The van der Waals surface area contributed by atoms with Crippen LogP contribution in [-0.2, 0) is 51.1 Å². The van der Waals surface area contributed by atoms with Crippen LogP contribution < -0.4 is 11.4 Å². The summed E-state index contributed by atoms with van der Waals surface area (Å²) in [7, 11) is -11.3. The van der Waals surface area contributed by atoms with Gasteiger partial charge in [-0.3, -0.25) is 28.0 Å². The molecule has 72 heavy (non-hydrogen) atoms. The summed E-state index contributed by atoms with van der Waals surface area (Å²) in [4.78, 5) is 78.5. The molecule has 0 aliphatic carbocycles. The number of ether oxygens (including phenoxy) is 3. The van der Waals surface area contributed by atoms with Crippen LogP contribution in [0.25, 0.3) is 0 Å². The van der Waals surface area contributed by atoms with Gasteiger partial charge >= 0.3 is 33.3 Å². The summed E-state index contributed by atoms with van der Waals surface area (Å²) < 4.78 is 59.0. The molecule has 1 aromatic rings. The zero-order chi connectivity index (χ0) is 53.1. The van der Waals surface area contributed by atoms with Gasteiger partial charge in [0.1, 0.15) is 36.6 Å². The average Bonchev–Trinajstić information content (AvgIpc) is 3.31. The number of ketones is 1. The van der Waals surface area contributed by atoms with Crippen LogP contribution in [0, 0.1) is 17.8 Å². The van der Waals surface area contributed by atoms with Crippen molar-refractivity contribution in [1.82, 2.24) is 9.55 Å². The molecule has 23 heteroatoms. The molecule has 2 bridgehead atoms.